The van der Waals surface area contributed by atoms with Crippen LogP contribution in [-0.2, 0) is 0 Å². The fourth-order valence-electron chi connectivity index (χ4n) is 1.69. The van der Waals surface area contributed by atoms with Crippen molar-refractivity contribution < 1.29 is 9.66 Å². The van der Waals surface area contributed by atoms with Crippen LogP contribution in [0.5, 0.6) is 5.75 Å². The van der Waals surface area contributed by atoms with E-state index in [1.807, 2.05) is 6.07 Å². The topological polar surface area (TPSA) is 64.4 Å². The summed E-state index contributed by atoms with van der Waals surface area (Å²) in [5.41, 5.74) is 1.05. The average Bonchev–Trinajstić information content (AvgIpc) is 2.43. The van der Waals surface area contributed by atoms with Crippen LogP contribution >= 0.6 is 47.8 Å². The summed E-state index contributed by atoms with van der Waals surface area (Å²) in [6.45, 7) is 0. The van der Waals surface area contributed by atoms with E-state index in [0.29, 0.717) is 21.6 Å². The molecular weight excluding hydrogens is 472 g/mol. The summed E-state index contributed by atoms with van der Waals surface area (Å²) in [7, 11) is 1.56. The molecule has 0 heterocycles. The summed E-state index contributed by atoms with van der Waals surface area (Å²) in [5, 5.41) is 14.2. The van der Waals surface area contributed by atoms with Gasteiger partial charge in [-0.3, -0.25) is 10.1 Å². The van der Waals surface area contributed by atoms with Crippen molar-refractivity contribution in [2.24, 2.45) is 0 Å². The molecule has 0 fully saturated rings. The number of methoxy groups -OCH3 is 1. The smallest absolute Gasteiger partial charge is 0.293 e. The third-order valence-electron chi connectivity index (χ3n) is 2.67. The Morgan fingerprint density at radius 1 is 1.10 bits per heavy atom. The molecule has 2 aromatic rings. The Morgan fingerprint density at radius 3 is 2.43 bits per heavy atom. The van der Waals surface area contributed by atoms with Crippen LogP contribution in [0, 0.1) is 10.1 Å². The van der Waals surface area contributed by atoms with Crippen molar-refractivity contribution in [1.82, 2.24) is 0 Å². The zero-order valence-corrected chi connectivity index (χ0v) is 15.5. The zero-order valence-electron chi connectivity index (χ0n) is 10.7. The highest BCUT2D eigenvalue weighted by Gasteiger charge is 2.16. The van der Waals surface area contributed by atoms with Crippen LogP contribution in [-0.4, -0.2) is 12.0 Å². The van der Waals surface area contributed by atoms with E-state index in [1.165, 1.54) is 6.07 Å². The molecule has 8 heteroatoms. The van der Waals surface area contributed by atoms with E-state index < -0.39 is 4.92 Å². The summed E-state index contributed by atoms with van der Waals surface area (Å²) in [5.74, 6) is 0.625. The number of benzene rings is 2. The molecule has 0 unspecified atom stereocenters. The van der Waals surface area contributed by atoms with Crippen LogP contribution in [0.25, 0.3) is 0 Å². The molecule has 0 aliphatic carbocycles. The monoisotopic (exact) mass is 478 g/mol. The molecule has 21 heavy (non-hydrogen) atoms. The number of nitrogens with zero attached hydrogens (tertiary/aromatic N) is 1. The van der Waals surface area contributed by atoms with Gasteiger partial charge in [-0.25, -0.2) is 0 Å². The summed E-state index contributed by atoms with van der Waals surface area (Å²) in [6, 6.07) is 8.39. The SMILES string of the molecule is COc1cc(Nc2ccc(Br)cc2[N+](=O)[O-])c(Br)cc1Br. The number of ether oxygens (including phenoxy) is 1. The molecule has 110 valence electrons. The van der Waals surface area contributed by atoms with Crippen molar-refractivity contribution in [2.75, 3.05) is 12.4 Å². The maximum Gasteiger partial charge on any atom is 0.293 e. The summed E-state index contributed by atoms with van der Waals surface area (Å²) in [6.07, 6.45) is 0. The van der Waals surface area contributed by atoms with E-state index >= 15 is 0 Å². The second-order valence-corrected chi connectivity index (χ2v) is 6.63. The summed E-state index contributed by atoms with van der Waals surface area (Å²) in [4.78, 5) is 10.7. The molecule has 0 aliphatic heterocycles. The molecule has 2 rings (SSSR count). The third kappa shape index (κ3) is 3.75. The van der Waals surface area contributed by atoms with E-state index in [1.54, 1.807) is 25.3 Å². The number of rotatable bonds is 4. The number of nitro benzene ring substituents is 1. The van der Waals surface area contributed by atoms with Gasteiger partial charge >= 0.3 is 0 Å². The van der Waals surface area contributed by atoms with E-state index in [4.69, 9.17) is 4.74 Å². The van der Waals surface area contributed by atoms with E-state index in [2.05, 4.69) is 53.1 Å². The minimum atomic E-state index is -0.433. The Morgan fingerprint density at radius 2 is 1.81 bits per heavy atom. The fourth-order valence-corrected chi connectivity index (χ4v) is 3.29. The number of hydrogen-bond donors (Lipinski definition) is 1. The maximum absolute atomic E-state index is 11.1. The van der Waals surface area contributed by atoms with E-state index in [0.717, 1.165) is 8.95 Å². The molecule has 0 bridgehead atoms. The highest BCUT2D eigenvalue weighted by atomic mass is 79.9. The molecule has 0 aliphatic rings. The Hall–Kier alpha value is -1.12. The lowest BCUT2D eigenvalue weighted by Crippen LogP contribution is -1.98. The number of nitro groups is 1. The van der Waals surface area contributed by atoms with Gasteiger partial charge in [-0.15, -0.1) is 0 Å². The first-order chi connectivity index (χ1) is 9.92. The maximum atomic E-state index is 11.1. The average molecular weight is 481 g/mol. The van der Waals surface area contributed by atoms with Gasteiger partial charge in [0.1, 0.15) is 11.4 Å². The number of hydrogen-bond acceptors (Lipinski definition) is 4. The van der Waals surface area contributed by atoms with Crippen molar-refractivity contribution >= 4 is 64.9 Å². The first kappa shape index (κ1) is 16.3. The predicted octanol–water partition coefficient (Wildman–Crippen LogP) is 5.63. The van der Waals surface area contributed by atoms with Crippen LogP contribution in [0.1, 0.15) is 0 Å². The minimum Gasteiger partial charge on any atom is -0.495 e. The van der Waals surface area contributed by atoms with Gasteiger partial charge in [-0.1, -0.05) is 15.9 Å². The molecule has 0 saturated heterocycles. The van der Waals surface area contributed by atoms with Crippen molar-refractivity contribution in [3.05, 3.63) is 53.9 Å². The molecule has 0 amide bonds. The zero-order chi connectivity index (χ0) is 15.6. The van der Waals surface area contributed by atoms with Crippen molar-refractivity contribution in [2.45, 2.75) is 0 Å². The van der Waals surface area contributed by atoms with Gasteiger partial charge < -0.3 is 10.1 Å². The molecule has 0 atom stereocenters. The fraction of sp³-hybridized carbons (Fsp3) is 0.0769. The Labute approximate surface area is 146 Å². The second-order valence-electron chi connectivity index (χ2n) is 4.01. The third-order valence-corrected chi connectivity index (χ3v) is 4.44. The van der Waals surface area contributed by atoms with Crippen molar-refractivity contribution in [1.29, 1.82) is 0 Å². The second kappa shape index (κ2) is 6.76. The lowest BCUT2D eigenvalue weighted by molar-refractivity contribution is -0.384. The predicted molar refractivity (Wildman–Crippen MR) is 92.5 cm³/mol. The highest BCUT2D eigenvalue weighted by Crippen LogP contribution is 2.38. The van der Waals surface area contributed by atoms with Gasteiger partial charge in [0.15, 0.2) is 0 Å². The standard InChI is InChI=1S/C13H9Br3N2O3/c1-21-13-6-11(8(15)5-9(13)16)17-10-3-2-7(14)4-12(10)18(19)20/h2-6,17H,1H3. The van der Waals surface area contributed by atoms with Crippen LogP contribution in [0.2, 0.25) is 0 Å². The largest absolute Gasteiger partial charge is 0.495 e. The molecule has 2 aromatic carbocycles. The molecule has 0 radical (unpaired) electrons. The number of anilines is 2. The van der Waals surface area contributed by atoms with E-state index in [-0.39, 0.29) is 5.69 Å². The Bertz CT molecular complexity index is 707. The molecule has 5 nitrogen and oxygen atoms in total. The first-order valence-corrected chi connectivity index (χ1v) is 8.04. The molecule has 0 spiro atoms. The number of halogens is 3. The van der Waals surface area contributed by atoms with Gasteiger partial charge in [0.2, 0.25) is 0 Å². The van der Waals surface area contributed by atoms with Crippen molar-refractivity contribution in [3.63, 3.8) is 0 Å². The van der Waals surface area contributed by atoms with Gasteiger partial charge in [-0.2, -0.15) is 0 Å². The normalized spacial score (nSPS) is 10.3. The first-order valence-electron chi connectivity index (χ1n) is 5.66. The quantitative estimate of drug-likeness (QED) is 0.454. The van der Waals surface area contributed by atoms with Crippen molar-refractivity contribution in [3.8, 4) is 5.75 Å². The van der Waals surface area contributed by atoms with Gasteiger partial charge in [-0.05, 0) is 50.1 Å². The van der Waals surface area contributed by atoms with Crippen LogP contribution in [0.4, 0.5) is 17.1 Å². The lowest BCUT2D eigenvalue weighted by atomic mass is 10.2. The van der Waals surface area contributed by atoms with Gasteiger partial charge in [0.05, 0.1) is 22.2 Å². The minimum absolute atomic E-state index is 0.0156. The van der Waals surface area contributed by atoms with Gasteiger partial charge in [0.25, 0.3) is 5.69 Å². The molecule has 1 N–H and O–H groups in total. The molecule has 0 aromatic heterocycles. The lowest BCUT2D eigenvalue weighted by Gasteiger charge is -2.12. The van der Waals surface area contributed by atoms with Crippen LogP contribution < -0.4 is 10.1 Å². The summed E-state index contributed by atoms with van der Waals surface area (Å²) >= 11 is 10.0. The Kier molecular flexibility index (Phi) is 5.23. The van der Waals surface area contributed by atoms with Crippen LogP contribution in [0.15, 0.2) is 43.7 Å². The Balaban J connectivity index is 2.45. The number of nitrogens with one attached hydrogen (secondary N) is 1. The molecule has 0 saturated carbocycles. The van der Waals surface area contributed by atoms with E-state index in [9.17, 15) is 10.1 Å². The van der Waals surface area contributed by atoms with Crippen LogP contribution in [0.3, 0.4) is 0 Å². The summed E-state index contributed by atoms with van der Waals surface area (Å²) < 4.78 is 7.41. The highest BCUT2D eigenvalue weighted by molar-refractivity contribution is 9.11. The molecular formula is C13H9Br3N2O3. The van der Waals surface area contributed by atoms with Gasteiger partial charge in [0, 0.05) is 21.1 Å².